The number of esters is 4. The van der Waals surface area contributed by atoms with Crippen molar-refractivity contribution in [1.29, 1.82) is 0 Å². The fourth-order valence-corrected chi connectivity index (χ4v) is 11.3. The average Bonchev–Trinajstić information content (AvgIpc) is 3.64. The largest absolute Gasteiger partial charge is 0.472 e. The van der Waals surface area contributed by atoms with E-state index in [2.05, 4.69) is 48.5 Å². The van der Waals surface area contributed by atoms with Crippen molar-refractivity contribution in [2.45, 2.75) is 343 Å². The van der Waals surface area contributed by atoms with E-state index in [1.54, 1.807) is 0 Å². The molecule has 504 valence electrons. The van der Waals surface area contributed by atoms with Crippen LogP contribution in [0.5, 0.6) is 0 Å². The standard InChI is InChI=1S/C66H128O17P2/c1-8-11-12-13-14-15-16-17-18-19-26-35-42-49-65(70)82-61(53-76-63(68)47-40-33-25-21-20-24-31-38-45-58(6)9-2)55-80-84(72,73)78-51-60(67)52-79-85(74,75)81-56-62(83-66(71)50-43-36-27-22-23-30-37-44-57(4)5)54-77-64(69)48-41-34-29-28-32-39-46-59(7)10-3/h57-62,67H,8-56H2,1-7H3,(H,72,73)(H,74,75)/t58?,59?,60-,61-,62-/m1/s1. The average molecular weight is 1260 g/mol. The number of rotatable bonds is 64. The number of carbonyl (C=O) groups excluding carboxylic acids is 4. The third-order valence-corrected chi connectivity index (χ3v) is 17.8. The second kappa shape index (κ2) is 57.2. The maximum absolute atomic E-state index is 13.0. The maximum Gasteiger partial charge on any atom is 0.472 e. The Labute approximate surface area is 517 Å². The minimum absolute atomic E-state index is 0.102. The predicted molar refractivity (Wildman–Crippen MR) is 340 cm³/mol. The number of unbranched alkanes of at least 4 members (excludes halogenated alkanes) is 30. The Morgan fingerprint density at radius 2 is 0.600 bits per heavy atom. The van der Waals surface area contributed by atoms with Gasteiger partial charge in [-0.1, -0.05) is 273 Å². The first-order valence-electron chi connectivity index (χ1n) is 34.4. The van der Waals surface area contributed by atoms with Crippen molar-refractivity contribution >= 4 is 39.5 Å². The van der Waals surface area contributed by atoms with E-state index in [9.17, 15) is 43.2 Å². The lowest BCUT2D eigenvalue weighted by atomic mass is 9.99. The smallest absolute Gasteiger partial charge is 0.462 e. The first-order valence-corrected chi connectivity index (χ1v) is 37.4. The van der Waals surface area contributed by atoms with Crippen molar-refractivity contribution in [3.63, 3.8) is 0 Å². The third-order valence-electron chi connectivity index (χ3n) is 15.9. The molecule has 3 N–H and O–H groups in total. The second-order valence-electron chi connectivity index (χ2n) is 24.8. The molecule has 0 heterocycles. The number of aliphatic hydroxyl groups excluding tert-OH is 1. The summed E-state index contributed by atoms with van der Waals surface area (Å²) in [4.78, 5) is 72.3. The van der Waals surface area contributed by atoms with Crippen LogP contribution >= 0.6 is 15.6 Å². The van der Waals surface area contributed by atoms with Crippen molar-refractivity contribution in [2.24, 2.45) is 17.8 Å². The zero-order chi connectivity index (χ0) is 63.1. The van der Waals surface area contributed by atoms with Crippen LogP contribution in [0.25, 0.3) is 0 Å². The first-order chi connectivity index (χ1) is 40.8. The van der Waals surface area contributed by atoms with Gasteiger partial charge in [-0.3, -0.25) is 37.3 Å². The lowest BCUT2D eigenvalue weighted by molar-refractivity contribution is -0.161. The Morgan fingerprint density at radius 1 is 0.341 bits per heavy atom. The van der Waals surface area contributed by atoms with Crippen LogP contribution in [0.4, 0.5) is 0 Å². The Morgan fingerprint density at radius 3 is 0.894 bits per heavy atom. The number of aliphatic hydroxyl groups is 1. The van der Waals surface area contributed by atoms with Crippen molar-refractivity contribution in [3.05, 3.63) is 0 Å². The number of carbonyl (C=O) groups is 4. The normalized spacial score (nSPS) is 15.0. The molecule has 0 aromatic heterocycles. The van der Waals surface area contributed by atoms with Crippen molar-refractivity contribution in [1.82, 2.24) is 0 Å². The zero-order valence-electron chi connectivity index (χ0n) is 55.1. The summed E-state index contributed by atoms with van der Waals surface area (Å²) in [6.45, 7) is 11.7. The third kappa shape index (κ3) is 58.2. The lowest BCUT2D eigenvalue weighted by Crippen LogP contribution is -2.30. The molecule has 0 aliphatic heterocycles. The van der Waals surface area contributed by atoms with E-state index in [1.165, 1.54) is 128 Å². The number of phosphoric acid groups is 2. The van der Waals surface area contributed by atoms with Gasteiger partial charge in [0.05, 0.1) is 26.4 Å². The van der Waals surface area contributed by atoms with Gasteiger partial charge in [0.1, 0.15) is 19.3 Å². The topological polar surface area (TPSA) is 237 Å². The molecule has 0 amide bonds. The number of hydrogen-bond acceptors (Lipinski definition) is 15. The highest BCUT2D eigenvalue weighted by molar-refractivity contribution is 7.47. The molecule has 0 spiro atoms. The molecule has 0 saturated heterocycles. The van der Waals surface area contributed by atoms with Gasteiger partial charge in [-0.15, -0.1) is 0 Å². The summed E-state index contributed by atoms with van der Waals surface area (Å²) >= 11 is 0. The summed E-state index contributed by atoms with van der Waals surface area (Å²) in [7, 11) is -9.89. The van der Waals surface area contributed by atoms with Gasteiger partial charge in [-0.05, 0) is 43.4 Å². The van der Waals surface area contributed by atoms with E-state index in [1.807, 2.05) is 0 Å². The minimum atomic E-state index is -4.95. The number of hydrogen-bond donors (Lipinski definition) is 3. The minimum Gasteiger partial charge on any atom is -0.462 e. The molecule has 0 aromatic rings. The summed E-state index contributed by atoms with van der Waals surface area (Å²) in [5.74, 6) is 0.0698. The highest BCUT2D eigenvalue weighted by Gasteiger charge is 2.30. The lowest BCUT2D eigenvalue weighted by Gasteiger charge is -2.21. The summed E-state index contributed by atoms with van der Waals surface area (Å²) in [5.41, 5.74) is 0. The Kier molecular flexibility index (Phi) is 55.9. The van der Waals surface area contributed by atoms with Crippen LogP contribution in [0.2, 0.25) is 0 Å². The van der Waals surface area contributed by atoms with Gasteiger partial charge in [0, 0.05) is 25.7 Å². The zero-order valence-corrected chi connectivity index (χ0v) is 56.9. The summed E-state index contributed by atoms with van der Waals surface area (Å²) in [6.07, 6.45) is 38.9. The van der Waals surface area contributed by atoms with Gasteiger partial charge in [-0.2, -0.15) is 0 Å². The van der Waals surface area contributed by atoms with Crippen molar-refractivity contribution in [2.75, 3.05) is 39.6 Å². The molecule has 0 radical (unpaired) electrons. The summed E-state index contributed by atoms with van der Waals surface area (Å²) in [6, 6.07) is 0. The molecule has 0 aliphatic rings. The molecule has 19 heteroatoms. The van der Waals surface area contributed by atoms with Crippen LogP contribution in [0.1, 0.15) is 325 Å². The first kappa shape index (κ1) is 83.1. The van der Waals surface area contributed by atoms with Gasteiger partial charge in [0.25, 0.3) is 0 Å². The van der Waals surface area contributed by atoms with Crippen LogP contribution in [-0.4, -0.2) is 96.7 Å². The van der Waals surface area contributed by atoms with E-state index in [0.29, 0.717) is 31.6 Å². The van der Waals surface area contributed by atoms with Crippen LogP contribution in [0.15, 0.2) is 0 Å². The highest BCUT2D eigenvalue weighted by atomic mass is 31.2. The number of phosphoric ester groups is 2. The molecule has 4 unspecified atom stereocenters. The van der Waals surface area contributed by atoms with Crippen molar-refractivity contribution in [3.8, 4) is 0 Å². The van der Waals surface area contributed by atoms with E-state index >= 15 is 0 Å². The van der Waals surface area contributed by atoms with E-state index in [0.717, 1.165) is 108 Å². The molecule has 7 atom stereocenters. The molecule has 0 fully saturated rings. The molecule has 0 rings (SSSR count). The maximum atomic E-state index is 13.0. The second-order valence-corrected chi connectivity index (χ2v) is 27.7. The quantitative estimate of drug-likeness (QED) is 0.0222. The van der Waals surface area contributed by atoms with Gasteiger partial charge >= 0.3 is 39.5 Å². The summed E-state index contributed by atoms with van der Waals surface area (Å²) in [5, 5.41) is 10.6. The van der Waals surface area contributed by atoms with E-state index in [-0.39, 0.29) is 25.7 Å². The molecule has 85 heavy (non-hydrogen) atoms. The fourth-order valence-electron chi connectivity index (χ4n) is 9.77. The highest BCUT2D eigenvalue weighted by Crippen LogP contribution is 2.45. The molecular formula is C66H128O17P2. The van der Waals surface area contributed by atoms with Gasteiger partial charge < -0.3 is 33.8 Å². The number of ether oxygens (including phenoxy) is 4. The molecule has 0 aliphatic carbocycles. The summed E-state index contributed by atoms with van der Waals surface area (Å²) < 4.78 is 68.1. The van der Waals surface area contributed by atoms with Gasteiger partial charge in [0.15, 0.2) is 12.2 Å². The molecule has 0 bridgehead atoms. The molecule has 17 nitrogen and oxygen atoms in total. The van der Waals surface area contributed by atoms with Crippen LogP contribution in [-0.2, 0) is 65.4 Å². The molecule has 0 aromatic carbocycles. The monoisotopic (exact) mass is 1250 g/mol. The fraction of sp³-hybridized carbons (Fsp3) is 0.939. The Hall–Kier alpha value is -1.94. The van der Waals surface area contributed by atoms with Crippen LogP contribution < -0.4 is 0 Å². The van der Waals surface area contributed by atoms with Gasteiger partial charge in [0.2, 0.25) is 0 Å². The molecular weight excluding hydrogens is 1130 g/mol. The van der Waals surface area contributed by atoms with Crippen LogP contribution in [0.3, 0.4) is 0 Å². The predicted octanol–water partition coefficient (Wildman–Crippen LogP) is 18.3. The van der Waals surface area contributed by atoms with Crippen LogP contribution in [0, 0.1) is 17.8 Å². The van der Waals surface area contributed by atoms with E-state index in [4.69, 9.17) is 37.0 Å². The molecule has 0 saturated carbocycles. The Balaban J connectivity index is 5.26. The van der Waals surface area contributed by atoms with Crippen molar-refractivity contribution < 1.29 is 80.2 Å². The van der Waals surface area contributed by atoms with E-state index < -0.39 is 97.5 Å². The Bertz CT molecular complexity index is 1690. The van der Waals surface area contributed by atoms with Gasteiger partial charge in [-0.25, -0.2) is 9.13 Å². The SMILES string of the molecule is CCCCCCCCCCCCCCCC(=O)O[C@H](COC(=O)CCCCCCCCCCC(C)CC)COP(=O)(O)OC[C@@H](O)COP(=O)(O)OC[C@@H](COC(=O)CCCCCCCCC(C)CC)OC(=O)CCCCCCCCCC(C)C.